The lowest BCUT2D eigenvalue weighted by atomic mass is 10.2. The number of rotatable bonds is 10. The molecule has 8 nitrogen and oxygen atoms in total. The fourth-order valence-corrected chi connectivity index (χ4v) is 3.57. The van der Waals surface area contributed by atoms with E-state index in [0.717, 1.165) is 11.3 Å². The standard InChI is InChI=1S/C21H22F2N4O4S/c1-27-19(14-5-7-15(29-2)8-6-14)25-26-21(27)32-12-18(28)24-11-13-4-9-16(31-20(22)23)17(10-13)30-3/h4-10,20H,11-12H2,1-3H3,(H,24,28). The summed E-state index contributed by atoms with van der Waals surface area (Å²) in [6.45, 7) is -2.74. The predicted molar refractivity (Wildman–Crippen MR) is 115 cm³/mol. The van der Waals surface area contributed by atoms with E-state index in [2.05, 4.69) is 20.3 Å². The first-order chi connectivity index (χ1) is 15.4. The Kier molecular flexibility index (Phi) is 7.87. The number of alkyl halides is 2. The molecule has 1 amide bonds. The zero-order valence-electron chi connectivity index (χ0n) is 17.7. The number of nitrogens with zero attached hydrogens (tertiary/aromatic N) is 3. The average molecular weight is 464 g/mol. The van der Waals surface area contributed by atoms with Crippen LogP contribution in [0.15, 0.2) is 47.6 Å². The maximum atomic E-state index is 12.4. The molecule has 1 N–H and O–H groups in total. The highest BCUT2D eigenvalue weighted by Crippen LogP contribution is 2.29. The first-order valence-corrected chi connectivity index (χ1v) is 10.4. The summed E-state index contributed by atoms with van der Waals surface area (Å²) >= 11 is 1.25. The summed E-state index contributed by atoms with van der Waals surface area (Å²) in [5.74, 6) is 1.44. The number of hydrogen-bond donors (Lipinski definition) is 1. The molecular weight excluding hydrogens is 442 g/mol. The Hall–Kier alpha value is -3.34. The largest absolute Gasteiger partial charge is 0.497 e. The molecule has 2 aromatic carbocycles. The predicted octanol–water partition coefficient (Wildman–Crippen LogP) is 3.51. The minimum Gasteiger partial charge on any atom is -0.497 e. The summed E-state index contributed by atoms with van der Waals surface area (Å²) in [5.41, 5.74) is 1.56. The van der Waals surface area contributed by atoms with Gasteiger partial charge in [-0.1, -0.05) is 17.8 Å². The molecule has 0 aliphatic rings. The van der Waals surface area contributed by atoms with E-state index in [9.17, 15) is 13.6 Å². The maximum Gasteiger partial charge on any atom is 0.387 e. The SMILES string of the molecule is COc1ccc(-c2nnc(SCC(=O)NCc3ccc(OC(F)F)c(OC)c3)n2C)cc1. The lowest BCUT2D eigenvalue weighted by Crippen LogP contribution is -2.24. The van der Waals surface area contributed by atoms with Crippen molar-refractivity contribution in [2.24, 2.45) is 7.05 Å². The van der Waals surface area contributed by atoms with Gasteiger partial charge in [0.2, 0.25) is 5.91 Å². The van der Waals surface area contributed by atoms with Crippen LogP contribution in [0.4, 0.5) is 8.78 Å². The van der Waals surface area contributed by atoms with Crippen molar-refractivity contribution in [3.8, 4) is 28.6 Å². The second-order valence-corrected chi connectivity index (χ2v) is 7.47. The van der Waals surface area contributed by atoms with Crippen LogP contribution in [0.3, 0.4) is 0 Å². The summed E-state index contributed by atoms with van der Waals surface area (Å²) in [6.07, 6.45) is 0. The van der Waals surface area contributed by atoms with Gasteiger partial charge in [0.1, 0.15) is 5.75 Å². The van der Waals surface area contributed by atoms with Crippen molar-refractivity contribution >= 4 is 17.7 Å². The minimum absolute atomic E-state index is 0.0666. The van der Waals surface area contributed by atoms with E-state index in [0.29, 0.717) is 16.5 Å². The van der Waals surface area contributed by atoms with Crippen LogP contribution in [0.1, 0.15) is 5.56 Å². The summed E-state index contributed by atoms with van der Waals surface area (Å²) < 4.78 is 41.3. The number of amides is 1. The van der Waals surface area contributed by atoms with Gasteiger partial charge in [0.15, 0.2) is 22.5 Å². The van der Waals surface area contributed by atoms with Crippen LogP contribution < -0.4 is 19.5 Å². The van der Waals surface area contributed by atoms with Gasteiger partial charge in [0.05, 0.1) is 20.0 Å². The maximum absolute atomic E-state index is 12.4. The highest BCUT2D eigenvalue weighted by Gasteiger charge is 2.14. The molecule has 170 valence electrons. The van der Waals surface area contributed by atoms with Crippen LogP contribution in [0, 0.1) is 0 Å². The lowest BCUT2D eigenvalue weighted by Gasteiger charge is -2.12. The third-order valence-electron chi connectivity index (χ3n) is 4.45. The van der Waals surface area contributed by atoms with Crippen molar-refractivity contribution < 1.29 is 27.8 Å². The van der Waals surface area contributed by atoms with Gasteiger partial charge in [-0.05, 0) is 42.0 Å². The molecule has 1 aromatic heterocycles. The quantitative estimate of drug-likeness (QED) is 0.460. The van der Waals surface area contributed by atoms with Gasteiger partial charge in [-0.3, -0.25) is 4.79 Å². The summed E-state index contributed by atoms with van der Waals surface area (Å²) in [5, 5.41) is 11.7. The Labute approximate surface area is 187 Å². The molecule has 0 spiro atoms. The molecule has 32 heavy (non-hydrogen) atoms. The van der Waals surface area contributed by atoms with Crippen LogP contribution in [0.5, 0.6) is 17.2 Å². The van der Waals surface area contributed by atoms with E-state index in [4.69, 9.17) is 9.47 Å². The van der Waals surface area contributed by atoms with Crippen molar-refractivity contribution in [2.45, 2.75) is 18.3 Å². The minimum atomic E-state index is -2.95. The number of hydrogen-bond acceptors (Lipinski definition) is 7. The third-order valence-corrected chi connectivity index (χ3v) is 5.47. The fourth-order valence-electron chi connectivity index (χ4n) is 2.83. The molecule has 0 radical (unpaired) electrons. The van der Waals surface area contributed by atoms with Crippen LogP contribution in [-0.4, -0.2) is 47.3 Å². The van der Waals surface area contributed by atoms with Crippen molar-refractivity contribution in [1.82, 2.24) is 20.1 Å². The summed E-state index contributed by atoms with van der Waals surface area (Å²) in [7, 11) is 4.79. The first kappa shape index (κ1) is 23.3. The van der Waals surface area contributed by atoms with Gasteiger partial charge >= 0.3 is 6.61 Å². The highest BCUT2D eigenvalue weighted by molar-refractivity contribution is 7.99. The number of aromatic nitrogens is 3. The third kappa shape index (κ3) is 5.88. The Morgan fingerprint density at radius 2 is 1.84 bits per heavy atom. The first-order valence-electron chi connectivity index (χ1n) is 9.46. The number of carbonyl (C=O) groups is 1. The Bertz CT molecular complexity index is 1060. The Balaban J connectivity index is 1.54. The van der Waals surface area contributed by atoms with Crippen LogP contribution in [-0.2, 0) is 18.4 Å². The molecule has 0 aliphatic carbocycles. The number of benzene rings is 2. The molecule has 11 heteroatoms. The van der Waals surface area contributed by atoms with Crippen molar-refractivity contribution in [2.75, 3.05) is 20.0 Å². The number of nitrogens with one attached hydrogen (secondary N) is 1. The fraction of sp³-hybridized carbons (Fsp3) is 0.286. The molecule has 0 unspecified atom stereocenters. The molecule has 1 heterocycles. The number of carbonyl (C=O) groups excluding carboxylic acids is 1. The molecule has 0 fully saturated rings. The molecule has 0 atom stereocenters. The molecule has 3 rings (SSSR count). The number of ether oxygens (including phenoxy) is 3. The van der Waals surface area contributed by atoms with E-state index in [1.54, 1.807) is 13.2 Å². The summed E-state index contributed by atoms with van der Waals surface area (Å²) in [4.78, 5) is 12.3. The van der Waals surface area contributed by atoms with E-state index in [1.165, 1.54) is 31.0 Å². The van der Waals surface area contributed by atoms with Gasteiger partial charge < -0.3 is 24.1 Å². The Morgan fingerprint density at radius 3 is 2.50 bits per heavy atom. The monoisotopic (exact) mass is 464 g/mol. The van der Waals surface area contributed by atoms with Gasteiger partial charge in [0, 0.05) is 19.2 Å². The molecule has 3 aromatic rings. The number of thioether (sulfide) groups is 1. The molecule has 0 aliphatic heterocycles. The van der Waals surface area contributed by atoms with Gasteiger partial charge in [-0.15, -0.1) is 10.2 Å². The van der Waals surface area contributed by atoms with Gasteiger partial charge in [-0.25, -0.2) is 0 Å². The van der Waals surface area contributed by atoms with Crippen molar-refractivity contribution in [3.63, 3.8) is 0 Å². The van der Waals surface area contributed by atoms with Gasteiger partial charge in [-0.2, -0.15) is 8.78 Å². The summed E-state index contributed by atoms with van der Waals surface area (Å²) in [6, 6.07) is 11.9. The number of halogens is 2. The smallest absolute Gasteiger partial charge is 0.387 e. The van der Waals surface area contributed by atoms with E-state index >= 15 is 0 Å². The van der Waals surface area contributed by atoms with Crippen molar-refractivity contribution in [1.29, 1.82) is 0 Å². The van der Waals surface area contributed by atoms with Crippen molar-refractivity contribution in [3.05, 3.63) is 48.0 Å². The topological polar surface area (TPSA) is 87.5 Å². The van der Waals surface area contributed by atoms with Crippen LogP contribution in [0.2, 0.25) is 0 Å². The average Bonchev–Trinajstić information content (AvgIpc) is 3.16. The zero-order chi connectivity index (χ0) is 23.1. The van der Waals surface area contributed by atoms with E-state index < -0.39 is 6.61 Å². The number of methoxy groups -OCH3 is 2. The molecule has 0 bridgehead atoms. The lowest BCUT2D eigenvalue weighted by molar-refractivity contribution is -0.118. The van der Waals surface area contributed by atoms with E-state index in [1.807, 2.05) is 35.9 Å². The Morgan fingerprint density at radius 1 is 1.09 bits per heavy atom. The van der Waals surface area contributed by atoms with E-state index in [-0.39, 0.29) is 29.7 Å². The molecule has 0 saturated heterocycles. The normalized spacial score (nSPS) is 10.8. The second kappa shape index (κ2) is 10.8. The van der Waals surface area contributed by atoms with Crippen LogP contribution >= 0.6 is 11.8 Å². The van der Waals surface area contributed by atoms with Gasteiger partial charge in [0.25, 0.3) is 0 Å². The zero-order valence-corrected chi connectivity index (χ0v) is 18.5. The molecular formula is C21H22F2N4O4S. The molecule has 0 saturated carbocycles. The second-order valence-electron chi connectivity index (χ2n) is 6.52. The van der Waals surface area contributed by atoms with Crippen LogP contribution in [0.25, 0.3) is 11.4 Å². The highest BCUT2D eigenvalue weighted by atomic mass is 32.2.